The maximum absolute atomic E-state index is 13.2. The van der Waals surface area contributed by atoms with Crippen molar-refractivity contribution < 1.29 is 45.0 Å². The molecule has 5 rings (SSSR count). The fourth-order valence-corrected chi connectivity index (χ4v) is 11.5. The van der Waals surface area contributed by atoms with Crippen molar-refractivity contribution in [2.45, 2.75) is 143 Å². The Kier molecular flexibility index (Phi) is 8.73. The summed E-state index contributed by atoms with van der Waals surface area (Å²) >= 11 is 0. The Morgan fingerprint density at radius 3 is 2.13 bits per heavy atom. The molecule has 0 aliphatic heterocycles. The molecule has 13 unspecified atom stereocenters. The van der Waals surface area contributed by atoms with Crippen LogP contribution in [0.15, 0.2) is 11.6 Å². The Morgan fingerprint density at radius 1 is 0.867 bits per heavy atom. The number of aliphatic carboxylic acids is 1. The molecule has 0 aromatic carbocycles. The summed E-state index contributed by atoms with van der Waals surface area (Å²) in [5.41, 5.74) is 0.586. The van der Waals surface area contributed by atoms with E-state index in [0.717, 1.165) is 19.3 Å². The minimum atomic E-state index is -2.22. The number of allylic oxidation sites excluding steroid dienone is 2. The summed E-state index contributed by atoms with van der Waals surface area (Å²) in [6, 6.07) is 0. The third-order valence-electron chi connectivity index (χ3n) is 14.9. The number of ether oxygens (including phenoxy) is 1. The summed E-state index contributed by atoms with van der Waals surface area (Å²) < 4.78 is 5.67. The van der Waals surface area contributed by atoms with E-state index in [9.17, 15) is 35.1 Å². The number of aliphatic hydroxyl groups is 5. The third-order valence-corrected chi connectivity index (χ3v) is 14.9. The van der Waals surface area contributed by atoms with Crippen LogP contribution in [0.2, 0.25) is 0 Å². The van der Waals surface area contributed by atoms with E-state index in [0.29, 0.717) is 36.0 Å². The molecular formula is C36H58O9. The maximum atomic E-state index is 13.2. The Balaban J connectivity index is 1.44. The zero-order valence-electron chi connectivity index (χ0n) is 28.4. The second kappa shape index (κ2) is 11.3. The van der Waals surface area contributed by atoms with Gasteiger partial charge in [-0.1, -0.05) is 53.2 Å². The van der Waals surface area contributed by atoms with Gasteiger partial charge < -0.3 is 35.4 Å². The van der Waals surface area contributed by atoms with Gasteiger partial charge in [0.2, 0.25) is 0 Å². The van der Waals surface area contributed by atoms with Crippen molar-refractivity contribution in [3.8, 4) is 0 Å². The van der Waals surface area contributed by atoms with Gasteiger partial charge in [-0.15, -0.1) is 0 Å². The number of hydrogen-bond acceptors (Lipinski definition) is 8. The maximum Gasteiger partial charge on any atom is 0.338 e. The van der Waals surface area contributed by atoms with Crippen LogP contribution in [-0.2, 0) is 14.3 Å². The molecule has 0 bridgehead atoms. The zero-order valence-corrected chi connectivity index (χ0v) is 28.4. The lowest BCUT2D eigenvalue weighted by Crippen LogP contribution is -2.66. The number of carboxylic acids is 1. The molecule has 9 nitrogen and oxygen atoms in total. The second-order valence-electron chi connectivity index (χ2n) is 17.6. The fraction of sp³-hybridized carbons (Fsp3) is 0.889. The molecule has 0 heterocycles. The minimum Gasteiger partial charge on any atom is -0.481 e. The molecule has 0 spiro atoms. The van der Waals surface area contributed by atoms with Crippen LogP contribution in [-0.4, -0.2) is 79.7 Å². The van der Waals surface area contributed by atoms with E-state index >= 15 is 0 Å². The van der Waals surface area contributed by atoms with Gasteiger partial charge in [-0.25, -0.2) is 4.79 Å². The largest absolute Gasteiger partial charge is 0.481 e. The lowest BCUT2D eigenvalue weighted by atomic mass is 9.33. The highest BCUT2D eigenvalue weighted by molar-refractivity contribution is 5.79. The normalized spacial score (nSPS) is 46.5. The number of esters is 1. The Bertz CT molecular complexity index is 1210. The van der Waals surface area contributed by atoms with Crippen LogP contribution >= 0.6 is 0 Å². The number of rotatable bonds is 7. The Labute approximate surface area is 268 Å². The zero-order chi connectivity index (χ0) is 33.5. The minimum absolute atomic E-state index is 0.00182. The molecule has 5 aliphatic rings. The van der Waals surface area contributed by atoms with Crippen LogP contribution in [0.25, 0.3) is 0 Å². The van der Waals surface area contributed by atoms with Crippen molar-refractivity contribution in [2.75, 3.05) is 6.61 Å². The first kappa shape index (κ1) is 34.8. The second-order valence-corrected chi connectivity index (χ2v) is 17.6. The smallest absolute Gasteiger partial charge is 0.338 e. The standard InChI is InChI=1S/C36H58O9/c1-31(2)14-15-32(3)16-17-34(5)20(21(32)18-31)8-9-23-33(4)12-11-25(36(7,30(43)44)24(33)10-13-35(23,34)6)45-29(42)28(41)27(40)26(39)22(38)19-37/h8,21-28,37-41H,9-19H2,1-7H3,(H,43,44). The van der Waals surface area contributed by atoms with E-state index in [1.54, 1.807) is 12.5 Å². The molecule has 0 aromatic rings. The van der Waals surface area contributed by atoms with Gasteiger partial charge in [0.25, 0.3) is 0 Å². The molecule has 0 saturated heterocycles. The van der Waals surface area contributed by atoms with E-state index in [-0.39, 0.29) is 28.1 Å². The average molecular weight is 635 g/mol. The molecule has 0 amide bonds. The molecule has 4 fully saturated rings. The van der Waals surface area contributed by atoms with E-state index in [1.807, 2.05) is 0 Å². The van der Waals surface area contributed by atoms with E-state index in [1.165, 1.54) is 25.7 Å². The monoisotopic (exact) mass is 634 g/mol. The van der Waals surface area contributed by atoms with Crippen molar-refractivity contribution in [2.24, 2.45) is 50.2 Å². The number of aliphatic hydroxyl groups excluding tert-OH is 5. The predicted octanol–water partition coefficient (Wildman–Crippen LogP) is 4.22. The summed E-state index contributed by atoms with van der Waals surface area (Å²) in [5, 5.41) is 60.2. The summed E-state index contributed by atoms with van der Waals surface area (Å²) in [7, 11) is 0. The Morgan fingerprint density at radius 2 is 1.51 bits per heavy atom. The molecule has 256 valence electrons. The van der Waals surface area contributed by atoms with Crippen LogP contribution in [0, 0.1) is 50.2 Å². The van der Waals surface area contributed by atoms with Crippen LogP contribution in [0.5, 0.6) is 0 Å². The molecule has 0 aromatic heterocycles. The van der Waals surface area contributed by atoms with Gasteiger partial charge >= 0.3 is 11.9 Å². The van der Waals surface area contributed by atoms with E-state index in [2.05, 4.69) is 47.6 Å². The van der Waals surface area contributed by atoms with Gasteiger partial charge in [0, 0.05) is 0 Å². The molecular weight excluding hydrogens is 576 g/mol. The summed E-state index contributed by atoms with van der Waals surface area (Å²) in [6.07, 6.45) is 2.97. The van der Waals surface area contributed by atoms with Crippen LogP contribution in [0.4, 0.5) is 0 Å². The molecule has 13 atom stereocenters. The molecule has 0 radical (unpaired) electrons. The predicted molar refractivity (Wildman–Crippen MR) is 168 cm³/mol. The van der Waals surface area contributed by atoms with Crippen molar-refractivity contribution in [3.63, 3.8) is 0 Å². The first-order valence-corrected chi connectivity index (χ1v) is 17.2. The summed E-state index contributed by atoms with van der Waals surface area (Å²) in [5.74, 6) is -1.76. The number of fused-ring (bicyclic) bond motifs is 7. The Hall–Kier alpha value is -1.52. The van der Waals surface area contributed by atoms with E-state index in [4.69, 9.17) is 9.84 Å². The van der Waals surface area contributed by atoms with Crippen molar-refractivity contribution in [1.29, 1.82) is 0 Å². The number of carboxylic acid groups (broad SMARTS) is 1. The lowest BCUT2D eigenvalue weighted by molar-refractivity contribution is -0.227. The van der Waals surface area contributed by atoms with Crippen LogP contribution in [0.3, 0.4) is 0 Å². The van der Waals surface area contributed by atoms with Gasteiger partial charge in [0.1, 0.15) is 29.8 Å². The third kappa shape index (κ3) is 5.04. The lowest BCUT2D eigenvalue weighted by Gasteiger charge is -2.71. The highest BCUT2D eigenvalue weighted by Crippen LogP contribution is 2.75. The first-order chi connectivity index (χ1) is 20.7. The highest BCUT2D eigenvalue weighted by Gasteiger charge is 2.70. The highest BCUT2D eigenvalue weighted by atomic mass is 16.6. The average Bonchev–Trinajstić information content (AvgIpc) is 2.98. The van der Waals surface area contributed by atoms with Crippen LogP contribution in [0.1, 0.15) is 113 Å². The van der Waals surface area contributed by atoms with Crippen molar-refractivity contribution >= 4 is 11.9 Å². The van der Waals surface area contributed by atoms with Gasteiger partial charge in [-0.3, -0.25) is 4.79 Å². The summed E-state index contributed by atoms with van der Waals surface area (Å²) in [6.45, 7) is 15.3. The topological polar surface area (TPSA) is 165 Å². The van der Waals surface area contributed by atoms with Gasteiger partial charge in [-0.2, -0.15) is 0 Å². The summed E-state index contributed by atoms with van der Waals surface area (Å²) in [4.78, 5) is 26.2. The fourth-order valence-electron chi connectivity index (χ4n) is 11.5. The van der Waals surface area contributed by atoms with Gasteiger partial charge in [-0.05, 0) is 116 Å². The number of hydrogen-bond donors (Lipinski definition) is 6. The molecule has 4 saturated carbocycles. The van der Waals surface area contributed by atoms with Gasteiger partial charge in [0.15, 0.2) is 6.10 Å². The first-order valence-electron chi connectivity index (χ1n) is 17.2. The van der Waals surface area contributed by atoms with Gasteiger partial charge in [0.05, 0.1) is 6.61 Å². The molecule has 45 heavy (non-hydrogen) atoms. The number of carbonyl (C=O) groups excluding carboxylic acids is 1. The van der Waals surface area contributed by atoms with E-state index < -0.39 is 54.5 Å². The van der Waals surface area contributed by atoms with Crippen molar-refractivity contribution in [3.05, 3.63) is 11.6 Å². The quantitative estimate of drug-likeness (QED) is 0.178. The molecule has 6 N–H and O–H groups in total. The number of carbonyl (C=O) groups is 2. The molecule has 9 heteroatoms. The molecule has 5 aliphatic carbocycles. The van der Waals surface area contributed by atoms with Crippen LogP contribution < -0.4 is 0 Å². The van der Waals surface area contributed by atoms with Crippen molar-refractivity contribution in [1.82, 2.24) is 0 Å². The SMILES string of the molecule is CC1(C)CCC2(C)CCC3(C)C(=CCC4C5(C)CCC(OC(=O)C(O)C(O)C(O)C(O)CO)C(C)(C(=O)O)C5CCC43C)C2C1.